The summed E-state index contributed by atoms with van der Waals surface area (Å²) >= 11 is 0. The van der Waals surface area contributed by atoms with Gasteiger partial charge in [-0.3, -0.25) is 0 Å². The van der Waals surface area contributed by atoms with Crippen molar-refractivity contribution < 1.29 is 14.2 Å². The highest BCUT2D eigenvalue weighted by atomic mass is 16.3. The Morgan fingerprint density at radius 1 is 0.692 bits per heavy atom. The van der Waals surface area contributed by atoms with Crippen molar-refractivity contribution in [2.24, 2.45) is 0 Å². The molecule has 3 aromatic heterocycles. The van der Waals surface area contributed by atoms with Crippen molar-refractivity contribution in [3.63, 3.8) is 0 Å². The number of hydrogen-bond donors (Lipinski definition) is 1. The molecule has 0 amide bonds. The summed E-state index contributed by atoms with van der Waals surface area (Å²) in [7, 11) is 0. The molecule has 0 spiro atoms. The van der Waals surface area contributed by atoms with E-state index in [1.165, 1.54) is 5.56 Å². The number of phenolic OH excluding ortho intramolecular Hbond substituents is 1. The molecule has 4 heterocycles. The molecule has 1 aliphatic rings. The lowest BCUT2D eigenvalue weighted by molar-refractivity contribution is -0.664. The number of benzene rings is 3. The van der Waals surface area contributed by atoms with Crippen molar-refractivity contribution in [1.82, 2.24) is 14.1 Å². The Labute approximate surface area is 228 Å². The molecule has 0 saturated carbocycles. The number of pyridine rings is 1. The lowest BCUT2D eigenvalue weighted by atomic mass is 9.84. The second-order valence-electron chi connectivity index (χ2n) is 11.7. The summed E-state index contributed by atoms with van der Waals surface area (Å²) in [6.45, 7) is 9.21. The van der Waals surface area contributed by atoms with Gasteiger partial charge in [0.15, 0.2) is 22.1 Å². The Kier molecular flexibility index (Phi) is 5.34. The highest BCUT2D eigenvalue weighted by molar-refractivity contribution is 5.72. The molecule has 6 nitrogen and oxygen atoms in total. The average Bonchev–Trinajstić information content (AvgIpc) is 3.43. The van der Waals surface area contributed by atoms with Gasteiger partial charge in [0.1, 0.15) is 31.9 Å². The lowest BCUT2D eigenvalue weighted by Crippen LogP contribution is -2.35. The zero-order valence-corrected chi connectivity index (χ0v) is 22.7. The van der Waals surface area contributed by atoms with Gasteiger partial charge in [0.25, 0.3) is 0 Å². The van der Waals surface area contributed by atoms with Gasteiger partial charge in [-0.2, -0.15) is 0 Å². The second kappa shape index (κ2) is 8.80. The van der Waals surface area contributed by atoms with Crippen LogP contribution in [0.5, 0.6) is 5.75 Å². The van der Waals surface area contributed by atoms with Crippen LogP contribution in [0.4, 0.5) is 0 Å². The first-order valence-corrected chi connectivity index (χ1v) is 13.6. The van der Waals surface area contributed by atoms with Crippen LogP contribution < -0.4 is 9.13 Å². The summed E-state index contributed by atoms with van der Waals surface area (Å²) in [6.07, 6.45) is 4.32. The maximum atomic E-state index is 11.7. The van der Waals surface area contributed by atoms with E-state index in [0.29, 0.717) is 31.9 Å². The minimum Gasteiger partial charge on any atom is -0.507 e. The summed E-state index contributed by atoms with van der Waals surface area (Å²) < 4.78 is 9.01. The second-order valence-corrected chi connectivity index (χ2v) is 11.7. The molecule has 0 saturated heterocycles. The van der Waals surface area contributed by atoms with Crippen molar-refractivity contribution in [2.75, 3.05) is 0 Å². The maximum Gasteiger partial charge on any atom is 0.245 e. The molecule has 39 heavy (non-hydrogen) atoms. The van der Waals surface area contributed by atoms with E-state index in [9.17, 15) is 5.11 Å². The molecule has 7 rings (SSSR count). The Balaban J connectivity index is 1.49. The number of aromatic hydroxyl groups is 1. The van der Waals surface area contributed by atoms with Gasteiger partial charge in [-0.15, -0.1) is 0 Å². The Bertz CT molecular complexity index is 1750. The van der Waals surface area contributed by atoms with Crippen LogP contribution in [-0.4, -0.2) is 19.2 Å². The fraction of sp³-hybridized carbons (Fsp3) is 0.242. The summed E-state index contributed by atoms with van der Waals surface area (Å²) in [4.78, 5) is 5.06. The van der Waals surface area contributed by atoms with Crippen LogP contribution in [0.3, 0.4) is 0 Å². The van der Waals surface area contributed by atoms with E-state index in [0.717, 1.165) is 44.6 Å². The molecule has 0 aliphatic carbocycles. The predicted octanol–water partition coefficient (Wildman–Crippen LogP) is 5.08. The number of nitrogens with zero attached hydrogens (tertiary/aromatic N) is 5. The van der Waals surface area contributed by atoms with Crippen LogP contribution in [0.1, 0.15) is 48.8 Å². The fourth-order valence-corrected chi connectivity index (χ4v) is 5.84. The number of aromatic nitrogens is 5. The van der Waals surface area contributed by atoms with Crippen molar-refractivity contribution in [1.29, 1.82) is 0 Å². The zero-order valence-electron chi connectivity index (χ0n) is 22.7. The number of phenols is 1. The van der Waals surface area contributed by atoms with E-state index >= 15 is 0 Å². The van der Waals surface area contributed by atoms with Gasteiger partial charge in [0.2, 0.25) is 12.7 Å². The van der Waals surface area contributed by atoms with E-state index in [2.05, 4.69) is 131 Å². The third kappa shape index (κ3) is 4.16. The van der Waals surface area contributed by atoms with Crippen LogP contribution in [0.2, 0.25) is 0 Å². The smallest absolute Gasteiger partial charge is 0.245 e. The molecule has 1 N–H and O–H groups in total. The Hall–Kier alpha value is -4.45. The molecule has 8 bridgehead atoms. The molecule has 3 aromatic carbocycles. The molecule has 194 valence electrons. The van der Waals surface area contributed by atoms with Crippen LogP contribution in [0.15, 0.2) is 91.5 Å². The van der Waals surface area contributed by atoms with Crippen molar-refractivity contribution in [2.45, 2.75) is 52.4 Å². The topological polar surface area (TPSA) is 50.7 Å². The fourth-order valence-electron chi connectivity index (χ4n) is 5.84. The highest BCUT2D eigenvalue weighted by Crippen LogP contribution is 2.32. The highest BCUT2D eigenvalue weighted by Gasteiger charge is 2.25. The number of fused-ring (bicyclic) bond motifs is 14. The molecular formula is C33H33N5O+2. The van der Waals surface area contributed by atoms with Crippen molar-refractivity contribution >= 4 is 22.1 Å². The minimum atomic E-state index is -0.0518. The number of para-hydroxylation sites is 4. The van der Waals surface area contributed by atoms with Gasteiger partial charge in [-0.1, -0.05) is 51.1 Å². The van der Waals surface area contributed by atoms with E-state index in [4.69, 9.17) is 4.98 Å². The minimum absolute atomic E-state index is 0.0518. The van der Waals surface area contributed by atoms with Gasteiger partial charge in [-0.25, -0.2) is 23.3 Å². The van der Waals surface area contributed by atoms with Gasteiger partial charge in [0.05, 0.1) is 11.4 Å². The molecule has 6 heteroatoms. The van der Waals surface area contributed by atoms with Crippen molar-refractivity contribution in [3.05, 3.63) is 120 Å². The maximum absolute atomic E-state index is 11.7. The Morgan fingerprint density at radius 2 is 1.18 bits per heavy atom. The summed E-state index contributed by atoms with van der Waals surface area (Å²) in [5.41, 5.74) is 9.65. The lowest BCUT2D eigenvalue weighted by Gasteiger charge is -2.22. The van der Waals surface area contributed by atoms with Gasteiger partial charge < -0.3 is 5.11 Å². The van der Waals surface area contributed by atoms with E-state index in [1.54, 1.807) is 0 Å². The summed E-state index contributed by atoms with van der Waals surface area (Å²) in [5, 5.41) is 11.7. The molecule has 1 aliphatic heterocycles. The van der Waals surface area contributed by atoms with E-state index in [-0.39, 0.29) is 5.41 Å². The number of rotatable bonds is 0. The van der Waals surface area contributed by atoms with Crippen LogP contribution in [0.25, 0.3) is 22.1 Å². The largest absolute Gasteiger partial charge is 0.507 e. The average molecular weight is 516 g/mol. The van der Waals surface area contributed by atoms with Crippen LogP contribution >= 0.6 is 0 Å². The number of imidazole rings is 2. The van der Waals surface area contributed by atoms with Crippen LogP contribution in [-0.2, 0) is 31.6 Å². The standard InChI is InChI=1S/C33H32N5O/c1-33(2,3)25-15-23-17-35-21-37(30-13-6-4-11-28(30)35)19-26-9-8-10-27(34-26)20-38-22-36(18-24(16-25)32(23)39)29-12-5-7-14-31(29)38/h4-16,21-22H,17-20H2,1-3H3/q+1/p+1. The SMILES string of the molecule is CC(C)(C)c1cc2c(O)c(c1)C[n+]1cn(c3ccccc31)Cc1cccc(n1)Cn1c[n+](c3ccccc31)C2. The molecule has 6 aromatic rings. The van der Waals surface area contributed by atoms with Gasteiger partial charge >= 0.3 is 0 Å². The van der Waals surface area contributed by atoms with Gasteiger partial charge in [-0.05, 0) is 59.5 Å². The molecule has 0 atom stereocenters. The predicted molar refractivity (Wildman–Crippen MR) is 152 cm³/mol. The monoisotopic (exact) mass is 515 g/mol. The first-order valence-electron chi connectivity index (χ1n) is 13.6. The van der Waals surface area contributed by atoms with E-state index < -0.39 is 0 Å². The quantitative estimate of drug-likeness (QED) is 0.287. The third-order valence-corrected chi connectivity index (χ3v) is 7.90. The summed E-state index contributed by atoms with van der Waals surface area (Å²) in [5.74, 6) is 0.371. The summed E-state index contributed by atoms with van der Waals surface area (Å²) in [6, 6.07) is 27.6. The first kappa shape index (κ1) is 23.7. The Morgan fingerprint density at radius 3 is 1.67 bits per heavy atom. The molecule has 0 fully saturated rings. The first-order chi connectivity index (χ1) is 18.8. The molecule has 0 radical (unpaired) electrons. The van der Waals surface area contributed by atoms with Gasteiger partial charge in [0, 0.05) is 11.1 Å². The third-order valence-electron chi connectivity index (χ3n) is 7.90. The molecule has 0 unspecified atom stereocenters. The normalized spacial score (nSPS) is 13.7. The zero-order chi connectivity index (χ0) is 26.7. The number of hydrogen-bond acceptors (Lipinski definition) is 2. The molecular weight excluding hydrogens is 482 g/mol. The van der Waals surface area contributed by atoms with Crippen molar-refractivity contribution in [3.8, 4) is 5.75 Å². The van der Waals surface area contributed by atoms with E-state index in [1.807, 2.05) is 0 Å². The van der Waals surface area contributed by atoms with Crippen LogP contribution in [0, 0.1) is 0 Å².